The lowest BCUT2D eigenvalue weighted by molar-refractivity contribution is -0.870. The molecule has 0 aromatic rings. The van der Waals surface area contributed by atoms with Crippen LogP contribution in [-0.2, 0) is 27.9 Å². The molecule has 370 valence electrons. The molecule has 0 heterocycles. The van der Waals surface area contributed by atoms with Gasteiger partial charge in [-0.2, -0.15) is 0 Å². The van der Waals surface area contributed by atoms with Crippen LogP contribution >= 0.6 is 7.82 Å². The van der Waals surface area contributed by atoms with Crippen LogP contribution in [0, 0.1) is 0 Å². The van der Waals surface area contributed by atoms with Gasteiger partial charge in [-0.25, -0.2) is 0 Å². The Hall–Kier alpha value is -2.32. The van der Waals surface area contributed by atoms with Crippen molar-refractivity contribution in [3.63, 3.8) is 0 Å². The Morgan fingerprint density at radius 1 is 0.500 bits per heavy atom. The van der Waals surface area contributed by atoms with Crippen LogP contribution < -0.4 is 4.89 Å². The van der Waals surface area contributed by atoms with Gasteiger partial charge in [0.1, 0.15) is 19.3 Å². The second kappa shape index (κ2) is 47.2. The number of carbonyl (C=O) groups excluding carboxylic acids is 1. The Kier molecular flexibility index (Phi) is 45.5. The average molecular weight is 916 g/mol. The highest BCUT2D eigenvalue weighted by atomic mass is 31.2. The van der Waals surface area contributed by atoms with Crippen molar-refractivity contribution in [3.8, 4) is 0 Å². The molecule has 0 radical (unpaired) electrons. The number of unbranched alkanes of at least 4 members (excludes halogenated alkanes) is 19. The molecule has 9 heteroatoms. The van der Waals surface area contributed by atoms with Gasteiger partial charge in [-0.05, 0) is 64.2 Å². The number of phosphoric ester groups is 1. The zero-order chi connectivity index (χ0) is 46.9. The van der Waals surface area contributed by atoms with Crippen molar-refractivity contribution in [1.29, 1.82) is 0 Å². The number of carbonyl (C=O) groups is 1. The number of rotatable bonds is 47. The summed E-state index contributed by atoms with van der Waals surface area (Å²) in [6.07, 6.45) is 63.3. The predicted molar refractivity (Wildman–Crippen MR) is 272 cm³/mol. The molecule has 0 spiro atoms. The van der Waals surface area contributed by atoms with Crippen LogP contribution in [0.2, 0.25) is 0 Å². The normalized spacial score (nSPS) is 14.3. The second-order valence-electron chi connectivity index (χ2n) is 18.2. The fourth-order valence-corrected chi connectivity index (χ4v) is 7.50. The summed E-state index contributed by atoms with van der Waals surface area (Å²) in [6, 6.07) is 0. The van der Waals surface area contributed by atoms with Crippen molar-refractivity contribution in [2.75, 3.05) is 54.1 Å². The van der Waals surface area contributed by atoms with E-state index in [4.69, 9.17) is 18.5 Å². The molecule has 0 rings (SSSR count). The molecule has 0 bridgehead atoms. The lowest BCUT2D eigenvalue weighted by Gasteiger charge is -2.28. The van der Waals surface area contributed by atoms with Gasteiger partial charge in [0, 0.05) is 13.0 Å². The number of hydrogen-bond acceptors (Lipinski definition) is 7. The topological polar surface area (TPSA) is 94.1 Å². The minimum Gasteiger partial charge on any atom is -0.756 e. The van der Waals surface area contributed by atoms with E-state index in [9.17, 15) is 14.3 Å². The third-order valence-corrected chi connectivity index (χ3v) is 11.7. The molecule has 0 fully saturated rings. The number of phosphoric acid groups is 1. The first kappa shape index (κ1) is 61.7. The van der Waals surface area contributed by atoms with Gasteiger partial charge in [0.2, 0.25) is 0 Å². The van der Waals surface area contributed by atoms with Gasteiger partial charge in [0.05, 0.1) is 34.4 Å². The maximum Gasteiger partial charge on any atom is 0.306 e. The SMILES string of the molecule is CC/C=C\C/C=C\C/C=C\C/C=C\C/C=C\C/C=C\C/C=C\CCCC(=O)OC(COCCCCCCCCCCCCCCCCCCCCC)COP(=O)([O-])OCC[N+](C)(C)C. The summed E-state index contributed by atoms with van der Waals surface area (Å²) >= 11 is 0. The van der Waals surface area contributed by atoms with Crippen molar-refractivity contribution in [1.82, 2.24) is 0 Å². The highest BCUT2D eigenvalue weighted by Gasteiger charge is 2.20. The molecule has 0 saturated carbocycles. The standard InChI is InChI=1S/C55H98NO7P/c1-6-8-10-12-14-16-18-20-22-24-26-27-28-29-30-32-34-36-38-40-42-44-46-48-55(57)63-54(53-62-64(58,59)61-51-49-56(3,4)5)52-60-50-47-45-43-41-39-37-35-33-31-25-23-21-19-17-15-13-11-9-7-2/h8,10,14,16,20,22,26-27,29-30,34,36,40,42,54H,6-7,9,11-13,15,17-19,21,23-25,28,31-33,35,37-39,41,43-53H2,1-5H3/b10-8-,16-14-,22-20-,27-26-,30-29-,36-34-,42-40-. The largest absolute Gasteiger partial charge is 0.756 e. The smallest absolute Gasteiger partial charge is 0.306 e. The number of quaternary nitrogens is 1. The molecular weight excluding hydrogens is 818 g/mol. The first-order valence-corrected chi connectivity index (χ1v) is 27.3. The first-order chi connectivity index (χ1) is 31.1. The molecule has 2 atom stereocenters. The molecule has 2 unspecified atom stereocenters. The van der Waals surface area contributed by atoms with E-state index in [2.05, 4.69) is 98.9 Å². The number of hydrogen-bond donors (Lipinski definition) is 0. The number of allylic oxidation sites excluding steroid dienone is 14. The van der Waals surface area contributed by atoms with Crippen LogP contribution in [0.5, 0.6) is 0 Å². The van der Waals surface area contributed by atoms with Crippen LogP contribution in [0.4, 0.5) is 0 Å². The van der Waals surface area contributed by atoms with Gasteiger partial charge < -0.3 is 27.9 Å². The molecule has 0 N–H and O–H groups in total. The lowest BCUT2D eigenvalue weighted by Crippen LogP contribution is -2.37. The van der Waals surface area contributed by atoms with E-state index in [1.807, 2.05) is 21.1 Å². The monoisotopic (exact) mass is 916 g/mol. The predicted octanol–water partition coefficient (Wildman–Crippen LogP) is 15.4. The number of esters is 1. The zero-order valence-corrected chi connectivity index (χ0v) is 42.8. The molecule has 0 aromatic heterocycles. The van der Waals surface area contributed by atoms with Crippen LogP contribution in [0.1, 0.15) is 200 Å². The number of likely N-dealkylation sites (N-methyl/N-ethyl adjacent to an activating group) is 1. The third-order valence-electron chi connectivity index (χ3n) is 10.7. The van der Waals surface area contributed by atoms with Crippen molar-refractivity contribution in [2.45, 2.75) is 206 Å². The summed E-state index contributed by atoms with van der Waals surface area (Å²) in [6.45, 7) is 5.23. The number of ether oxygens (including phenoxy) is 2. The summed E-state index contributed by atoms with van der Waals surface area (Å²) in [4.78, 5) is 25.2. The van der Waals surface area contributed by atoms with Gasteiger partial charge >= 0.3 is 5.97 Å². The molecule has 0 aliphatic carbocycles. The molecule has 0 aromatic carbocycles. The Bertz CT molecular complexity index is 1300. The van der Waals surface area contributed by atoms with Gasteiger partial charge in [0.25, 0.3) is 7.82 Å². The van der Waals surface area contributed by atoms with Gasteiger partial charge in [-0.1, -0.05) is 214 Å². The quantitative estimate of drug-likeness (QED) is 0.0197. The Labute approximate surface area is 395 Å². The van der Waals surface area contributed by atoms with Crippen molar-refractivity contribution >= 4 is 13.8 Å². The van der Waals surface area contributed by atoms with E-state index in [1.54, 1.807) is 0 Å². The third kappa shape index (κ3) is 50.7. The number of nitrogens with zero attached hydrogens (tertiary/aromatic N) is 1. The van der Waals surface area contributed by atoms with E-state index in [-0.39, 0.29) is 26.2 Å². The average Bonchev–Trinajstić information content (AvgIpc) is 3.25. The highest BCUT2D eigenvalue weighted by molar-refractivity contribution is 7.45. The Morgan fingerprint density at radius 2 is 0.891 bits per heavy atom. The molecule has 0 aliphatic heterocycles. The van der Waals surface area contributed by atoms with Crippen LogP contribution in [0.25, 0.3) is 0 Å². The first-order valence-electron chi connectivity index (χ1n) is 25.8. The summed E-state index contributed by atoms with van der Waals surface area (Å²) in [5.41, 5.74) is 0. The fourth-order valence-electron chi connectivity index (χ4n) is 6.77. The summed E-state index contributed by atoms with van der Waals surface area (Å²) in [7, 11) is 1.31. The summed E-state index contributed by atoms with van der Waals surface area (Å²) in [5.74, 6) is -0.391. The van der Waals surface area contributed by atoms with E-state index in [0.29, 0.717) is 24.1 Å². The molecule has 8 nitrogen and oxygen atoms in total. The van der Waals surface area contributed by atoms with Crippen LogP contribution in [-0.4, -0.2) is 70.7 Å². The second-order valence-corrected chi connectivity index (χ2v) is 19.6. The molecule has 0 saturated heterocycles. The summed E-state index contributed by atoms with van der Waals surface area (Å²) in [5, 5.41) is 0. The summed E-state index contributed by atoms with van der Waals surface area (Å²) < 4.78 is 34.7. The molecule has 0 aliphatic rings. The Balaban J connectivity index is 4.27. The molecule has 64 heavy (non-hydrogen) atoms. The van der Waals surface area contributed by atoms with Crippen LogP contribution in [0.15, 0.2) is 85.1 Å². The van der Waals surface area contributed by atoms with Crippen molar-refractivity contribution in [3.05, 3.63) is 85.1 Å². The van der Waals surface area contributed by atoms with Gasteiger partial charge in [0.15, 0.2) is 0 Å². The van der Waals surface area contributed by atoms with E-state index in [1.165, 1.54) is 109 Å². The van der Waals surface area contributed by atoms with Gasteiger partial charge in [-0.3, -0.25) is 9.36 Å². The van der Waals surface area contributed by atoms with Crippen LogP contribution in [0.3, 0.4) is 0 Å². The van der Waals surface area contributed by atoms with E-state index >= 15 is 0 Å². The van der Waals surface area contributed by atoms with Gasteiger partial charge in [-0.15, -0.1) is 0 Å². The highest BCUT2D eigenvalue weighted by Crippen LogP contribution is 2.38. The zero-order valence-electron chi connectivity index (χ0n) is 42.0. The molecule has 0 amide bonds. The van der Waals surface area contributed by atoms with Crippen molar-refractivity contribution < 1.29 is 37.3 Å². The minimum atomic E-state index is -4.55. The Morgan fingerprint density at radius 3 is 1.30 bits per heavy atom. The molecular formula is C55H98NO7P. The minimum absolute atomic E-state index is 0.0121. The van der Waals surface area contributed by atoms with E-state index in [0.717, 1.165) is 64.2 Å². The lowest BCUT2D eigenvalue weighted by atomic mass is 10.0. The maximum atomic E-state index is 12.7. The van der Waals surface area contributed by atoms with E-state index < -0.39 is 19.9 Å². The fraction of sp³-hybridized carbons (Fsp3) is 0.727. The van der Waals surface area contributed by atoms with Crippen molar-refractivity contribution in [2.24, 2.45) is 0 Å². The maximum absolute atomic E-state index is 12.7.